The van der Waals surface area contributed by atoms with Crippen molar-refractivity contribution in [1.82, 2.24) is 9.97 Å². The lowest BCUT2D eigenvalue weighted by Crippen LogP contribution is -1.96. The van der Waals surface area contributed by atoms with Crippen LogP contribution in [0.4, 0.5) is 0 Å². The lowest BCUT2D eigenvalue weighted by molar-refractivity contribution is 0.309. The van der Waals surface area contributed by atoms with Gasteiger partial charge in [0.05, 0.1) is 0 Å². The Morgan fingerprint density at radius 3 is 2.61 bits per heavy atom. The van der Waals surface area contributed by atoms with Crippen molar-refractivity contribution in [3.8, 4) is 5.75 Å². The summed E-state index contributed by atoms with van der Waals surface area (Å²) in [7, 11) is 0. The fraction of sp³-hybridized carbons (Fsp3) is 0.0667. The van der Waals surface area contributed by atoms with E-state index in [9.17, 15) is 0 Å². The highest BCUT2D eigenvalue weighted by atomic mass is 16.5. The number of fused-ring (bicyclic) bond motifs is 1. The van der Waals surface area contributed by atoms with Gasteiger partial charge in [-0.3, -0.25) is 9.97 Å². The molecule has 0 bridgehead atoms. The Morgan fingerprint density at radius 1 is 0.889 bits per heavy atom. The lowest BCUT2D eigenvalue weighted by Gasteiger charge is -2.08. The zero-order valence-corrected chi connectivity index (χ0v) is 9.78. The molecule has 3 rings (SSSR count). The van der Waals surface area contributed by atoms with E-state index in [0.29, 0.717) is 6.61 Å². The van der Waals surface area contributed by atoms with Crippen molar-refractivity contribution >= 4 is 10.9 Å². The predicted octanol–water partition coefficient (Wildman–Crippen LogP) is 3.21. The van der Waals surface area contributed by atoms with Crippen LogP contribution in [0, 0.1) is 0 Å². The molecule has 88 valence electrons. The lowest BCUT2D eigenvalue weighted by atomic mass is 10.2. The maximum absolute atomic E-state index is 5.82. The molecule has 0 saturated carbocycles. The highest BCUT2D eigenvalue weighted by Gasteiger charge is 2.02. The first kappa shape index (κ1) is 10.7. The van der Waals surface area contributed by atoms with Crippen molar-refractivity contribution in [1.29, 1.82) is 0 Å². The number of pyridine rings is 2. The van der Waals surface area contributed by atoms with Crippen LogP contribution >= 0.6 is 0 Å². The Labute approximate surface area is 105 Å². The van der Waals surface area contributed by atoms with Crippen molar-refractivity contribution in [2.75, 3.05) is 0 Å². The first-order chi connectivity index (χ1) is 8.93. The Morgan fingerprint density at radius 2 is 1.72 bits per heavy atom. The van der Waals surface area contributed by atoms with Crippen molar-refractivity contribution in [3.63, 3.8) is 0 Å². The second kappa shape index (κ2) is 4.84. The molecule has 2 aromatic heterocycles. The minimum Gasteiger partial charge on any atom is -0.487 e. The number of para-hydroxylation sites is 1. The third-order valence-corrected chi connectivity index (χ3v) is 2.74. The molecule has 0 aliphatic carbocycles. The van der Waals surface area contributed by atoms with Gasteiger partial charge in [0.25, 0.3) is 0 Å². The van der Waals surface area contributed by atoms with Crippen molar-refractivity contribution in [2.24, 2.45) is 0 Å². The highest BCUT2D eigenvalue weighted by Crippen LogP contribution is 2.23. The first-order valence-corrected chi connectivity index (χ1v) is 5.79. The number of rotatable bonds is 3. The smallest absolute Gasteiger partial charge is 0.146 e. The summed E-state index contributed by atoms with van der Waals surface area (Å²) in [5.41, 5.74) is 1.99. The van der Waals surface area contributed by atoms with E-state index in [0.717, 1.165) is 22.2 Å². The topological polar surface area (TPSA) is 35.0 Å². The maximum atomic E-state index is 5.82. The van der Waals surface area contributed by atoms with Gasteiger partial charge in [0, 0.05) is 24.0 Å². The SMILES string of the molecule is c1cnc2c(OCc3ccncc3)cccc2c1. The van der Waals surface area contributed by atoms with Crippen LogP contribution in [0.15, 0.2) is 61.1 Å². The fourth-order valence-electron chi connectivity index (χ4n) is 1.83. The van der Waals surface area contributed by atoms with Gasteiger partial charge in [0.1, 0.15) is 17.9 Å². The van der Waals surface area contributed by atoms with Crippen LogP contribution in [0.25, 0.3) is 10.9 Å². The number of benzene rings is 1. The van der Waals surface area contributed by atoms with Crippen molar-refractivity contribution in [2.45, 2.75) is 6.61 Å². The van der Waals surface area contributed by atoms with E-state index < -0.39 is 0 Å². The molecule has 2 heterocycles. The van der Waals surface area contributed by atoms with Gasteiger partial charge in [-0.05, 0) is 29.8 Å². The van der Waals surface area contributed by atoms with Crippen LogP contribution in [0.3, 0.4) is 0 Å². The standard InChI is InChI=1S/C15H12N2O/c1-3-13-4-2-8-17-15(13)14(5-1)18-11-12-6-9-16-10-7-12/h1-10H,11H2. The van der Waals surface area contributed by atoms with Crippen LogP contribution < -0.4 is 4.74 Å². The summed E-state index contributed by atoms with van der Waals surface area (Å²) < 4.78 is 5.82. The third-order valence-electron chi connectivity index (χ3n) is 2.74. The van der Waals surface area contributed by atoms with Gasteiger partial charge < -0.3 is 4.74 Å². The zero-order chi connectivity index (χ0) is 12.2. The molecule has 0 unspecified atom stereocenters. The summed E-state index contributed by atoms with van der Waals surface area (Å²) in [5, 5.41) is 1.09. The first-order valence-electron chi connectivity index (χ1n) is 5.79. The molecule has 3 nitrogen and oxygen atoms in total. The van der Waals surface area contributed by atoms with Crippen LogP contribution in [0.2, 0.25) is 0 Å². The molecule has 0 spiro atoms. The molecule has 3 heteroatoms. The molecule has 18 heavy (non-hydrogen) atoms. The van der Waals surface area contributed by atoms with Gasteiger partial charge in [0.2, 0.25) is 0 Å². The number of hydrogen-bond acceptors (Lipinski definition) is 3. The summed E-state index contributed by atoms with van der Waals surface area (Å²) in [5.74, 6) is 0.810. The normalized spacial score (nSPS) is 10.4. The molecule has 0 aliphatic rings. The molecule has 0 aliphatic heterocycles. The van der Waals surface area contributed by atoms with E-state index in [-0.39, 0.29) is 0 Å². The Hall–Kier alpha value is -2.42. The Balaban J connectivity index is 1.87. The molecule has 0 N–H and O–H groups in total. The monoisotopic (exact) mass is 236 g/mol. The number of hydrogen-bond donors (Lipinski definition) is 0. The molecule has 0 fully saturated rings. The Kier molecular flexibility index (Phi) is 2.88. The summed E-state index contributed by atoms with van der Waals surface area (Å²) in [4.78, 5) is 8.34. The molecule has 1 aromatic carbocycles. The van der Waals surface area contributed by atoms with E-state index in [2.05, 4.69) is 9.97 Å². The average molecular weight is 236 g/mol. The highest BCUT2D eigenvalue weighted by molar-refractivity contribution is 5.84. The van der Waals surface area contributed by atoms with Gasteiger partial charge in [-0.2, -0.15) is 0 Å². The quantitative estimate of drug-likeness (QED) is 0.700. The summed E-state index contributed by atoms with van der Waals surface area (Å²) in [6.07, 6.45) is 5.31. The van der Waals surface area contributed by atoms with Gasteiger partial charge in [-0.25, -0.2) is 0 Å². The molecular formula is C15H12N2O. The van der Waals surface area contributed by atoms with E-state index in [1.165, 1.54) is 0 Å². The zero-order valence-electron chi connectivity index (χ0n) is 9.78. The second-order valence-corrected chi connectivity index (χ2v) is 3.98. The van der Waals surface area contributed by atoms with Crippen LogP contribution in [-0.4, -0.2) is 9.97 Å². The number of ether oxygens (including phenoxy) is 1. The molecule has 0 saturated heterocycles. The summed E-state index contributed by atoms with van der Waals surface area (Å²) in [6, 6.07) is 13.8. The van der Waals surface area contributed by atoms with Gasteiger partial charge in [0.15, 0.2) is 0 Å². The summed E-state index contributed by atoms with van der Waals surface area (Å²) in [6.45, 7) is 0.526. The van der Waals surface area contributed by atoms with E-state index in [1.807, 2.05) is 42.5 Å². The summed E-state index contributed by atoms with van der Waals surface area (Å²) >= 11 is 0. The molecule has 0 atom stereocenters. The number of nitrogens with zero attached hydrogens (tertiary/aromatic N) is 2. The molecule has 0 amide bonds. The van der Waals surface area contributed by atoms with Gasteiger partial charge >= 0.3 is 0 Å². The van der Waals surface area contributed by atoms with E-state index in [4.69, 9.17) is 4.74 Å². The molecule has 3 aromatic rings. The molecular weight excluding hydrogens is 224 g/mol. The largest absolute Gasteiger partial charge is 0.487 e. The fourth-order valence-corrected chi connectivity index (χ4v) is 1.83. The van der Waals surface area contributed by atoms with Crippen molar-refractivity contribution in [3.05, 3.63) is 66.6 Å². The average Bonchev–Trinajstić information content (AvgIpc) is 2.46. The molecule has 0 radical (unpaired) electrons. The van der Waals surface area contributed by atoms with Crippen LogP contribution in [0.5, 0.6) is 5.75 Å². The van der Waals surface area contributed by atoms with E-state index >= 15 is 0 Å². The minimum absolute atomic E-state index is 0.526. The number of aromatic nitrogens is 2. The van der Waals surface area contributed by atoms with Gasteiger partial charge in [-0.15, -0.1) is 0 Å². The minimum atomic E-state index is 0.526. The van der Waals surface area contributed by atoms with E-state index in [1.54, 1.807) is 18.6 Å². The predicted molar refractivity (Wildman–Crippen MR) is 70.3 cm³/mol. The second-order valence-electron chi connectivity index (χ2n) is 3.98. The van der Waals surface area contributed by atoms with Crippen LogP contribution in [-0.2, 0) is 6.61 Å². The third kappa shape index (κ3) is 2.15. The van der Waals surface area contributed by atoms with Crippen molar-refractivity contribution < 1.29 is 4.74 Å². The Bertz CT molecular complexity index is 647. The van der Waals surface area contributed by atoms with Crippen LogP contribution in [0.1, 0.15) is 5.56 Å². The maximum Gasteiger partial charge on any atom is 0.146 e. The van der Waals surface area contributed by atoms with Gasteiger partial charge in [-0.1, -0.05) is 18.2 Å².